The fourth-order valence-electron chi connectivity index (χ4n) is 5.86. The minimum atomic E-state index is 0.885. The molecule has 40 heavy (non-hydrogen) atoms. The van der Waals surface area contributed by atoms with E-state index in [1.54, 1.807) is 0 Å². The monoisotopic (exact) mass is 511 g/mol. The van der Waals surface area contributed by atoms with E-state index in [4.69, 9.17) is 4.42 Å². The summed E-state index contributed by atoms with van der Waals surface area (Å²) in [6.07, 6.45) is 0. The second-order valence-corrected chi connectivity index (χ2v) is 10.2. The van der Waals surface area contributed by atoms with Gasteiger partial charge in [0, 0.05) is 27.5 Å². The number of rotatable bonds is 4. The maximum Gasteiger partial charge on any atom is 0.159 e. The van der Waals surface area contributed by atoms with Crippen molar-refractivity contribution < 1.29 is 4.42 Å². The van der Waals surface area contributed by atoms with Crippen molar-refractivity contribution >= 4 is 60.5 Å². The first-order valence-corrected chi connectivity index (χ1v) is 13.6. The van der Waals surface area contributed by atoms with Gasteiger partial charge >= 0.3 is 0 Å². The van der Waals surface area contributed by atoms with Crippen LogP contribution in [0, 0.1) is 0 Å². The van der Waals surface area contributed by atoms with Gasteiger partial charge in [0.2, 0.25) is 0 Å². The van der Waals surface area contributed by atoms with Crippen LogP contribution in [0.3, 0.4) is 0 Å². The third kappa shape index (κ3) is 3.65. The van der Waals surface area contributed by atoms with E-state index < -0.39 is 0 Å². The van der Waals surface area contributed by atoms with Crippen molar-refractivity contribution in [2.75, 3.05) is 4.90 Å². The fourth-order valence-corrected chi connectivity index (χ4v) is 5.86. The van der Waals surface area contributed by atoms with Crippen molar-refractivity contribution in [2.24, 2.45) is 0 Å². The Morgan fingerprint density at radius 2 is 1.00 bits per heavy atom. The Morgan fingerprint density at radius 3 is 1.85 bits per heavy atom. The zero-order valence-corrected chi connectivity index (χ0v) is 21.8. The van der Waals surface area contributed by atoms with E-state index in [1.165, 1.54) is 27.3 Å². The molecule has 0 aliphatic carbocycles. The van der Waals surface area contributed by atoms with E-state index in [2.05, 4.69) is 157 Å². The highest BCUT2D eigenvalue weighted by Gasteiger charge is 2.20. The van der Waals surface area contributed by atoms with Crippen molar-refractivity contribution in [1.29, 1.82) is 0 Å². The van der Waals surface area contributed by atoms with Gasteiger partial charge in [0.25, 0.3) is 0 Å². The van der Waals surface area contributed by atoms with Gasteiger partial charge in [0.1, 0.15) is 5.58 Å². The molecule has 8 aromatic rings. The summed E-state index contributed by atoms with van der Waals surface area (Å²) >= 11 is 0. The maximum atomic E-state index is 6.71. The van der Waals surface area contributed by atoms with Crippen molar-refractivity contribution in [3.63, 3.8) is 0 Å². The Balaban J connectivity index is 1.30. The molecule has 2 nitrogen and oxygen atoms in total. The number of para-hydroxylation sites is 2. The summed E-state index contributed by atoms with van der Waals surface area (Å²) in [4.78, 5) is 2.29. The molecule has 8 rings (SSSR count). The van der Waals surface area contributed by atoms with Gasteiger partial charge in [-0.2, -0.15) is 0 Å². The van der Waals surface area contributed by atoms with Crippen molar-refractivity contribution in [3.05, 3.63) is 152 Å². The third-order valence-electron chi connectivity index (χ3n) is 7.83. The molecule has 0 saturated carbocycles. The van der Waals surface area contributed by atoms with Gasteiger partial charge in [-0.05, 0) is 69.8 Å². The van der Waals surface area contributed by atoms with Crippen LogP contribution in [0.2, 0.25) is 0 Å². The molecular formula is C38H25NO. The molecule has 188 valence electrons. The first kappa shape index (κ1) is 22.6. The van der Waals surface area contributed by atoms with Gasteiger partial charge in [0.05, 0.1) is 5.69 Å². The van der Waals surface area contributed by atoms with Gasteiger partial charge in [-0.3, -0.25) is 0 Å². The number of hydrogen-bond donors (Lipinski definition) is 0. The summed E-state index contributed by atoms with van der Waals surface area (Å²) in [6.45, 7) is 0. The van der Waals surface area contributed by atoms with Crippen LogP contribution in [0.15, 0.2) is 156 Å². The molecular weight excluding hydrogens is 486 g/mol. The Kier molecular flexibility index (Phi) is 5.17. The predicted octanol–water partition coefficient (Wildman–Crippen LogP) is 11.0. The lowest BCUT2D eigenvalue weighted by atomic mass is 10.0. The number of fused-ring (bicyclic) bond motifs is 6. The number of hydrogen-bond acceptors (Lipinski definition) is 2. The van der Waals surface area contributed by atoms with Crippen LogP contribution in [0.4, 0.5) is 17.1 Å². The average molecular weight is 512 g/mol. The second-order valence-electron chi connectivity index (χ2n) is 10.2. The van der Waals surface area contributed by atoms with Crippen LogP contribution in [-0.4, -0.2) is 0 Å². The van der Waals surface area contributed by atoms with Crippen LogP contribution in [0.25, 0.3) is 54.6 Å². The van der Waals surface area contributed by atoms with E-state index >= 15 is 0 Å². The zero-order chi connectivity index (χ0) is 26.5. The summed E-state index contributed by atoms with van der Waals surface area (Å²) in [5, 5.41) is 7.07. The Bertz CT molecular complexity index is 2160. The minimum absolute atomic E-state index is 0.885. The highest BCUT2D eigenvalue weighted by atomic mass is 16.3. The van der Waals surface area contributed by atoms with Gasteiger partial charge < -0.3 is 9.32 Å². The summed E-state index contributed by atoms with van der Waals surface area (Å²) in [5.74, 6) is 0. The molecule has 2 heteroatoms. The van der Waals surface area contributed by atoms with Gasteiger partial charge in [0.15, 0.2) is 5.58 Å². The van der Waals surface area contributed by atoms with Crippen molar-refractivity contribution in [2.45, 2.75) is 0 Å². The van der Waals surface area contributed by atoms with E-state index in [9.17, 15) is 0 Å². The predicted molar refractivity (Wildman–Crippen MR) is 169 cm³/mol. The van der Waals surface area contributed by atoms with E-state index in [0.717, 1.165) is 44.4 Å². The molecule has 0 unspecified atom stereocenters. The summed E-state index contributed by atoms with van der Waals surface area (Å²) in [5.41, 5.74) is 7.39. The second kappa shape index (κ2) is 9.14. The van der Waals surface area contributed by atoms with Crippen molar-refractivity contribution in [1.82, 2.24) is 0 Å². The largest absolute Gasteiger partial charge is 0.453 e. The molecule has 0 spiro atoms. The highest BCUT2D eigenvalue weighted by Crippen LogP contribution is 2.43. The topological polar surface area (TPSA) is 16.4 Å². The molecule has 0 radical (unpaired) electrons. The lowest BCUT2D eigenvalue weighted by molar-refractivity contribution is 0.673. The molecule has 0 aliphatic heterocycles. The van der Waals surface area contributed by atoms with Gasteiger partial charge in [-0.1, -0.05) is 109 Å². The molecule has 0 aliphatic rings. The number of benzene rings is 7. The van der Waals surface area contributed by atoms with Crippen LogP contribution in [-0.2, 0) is 0 Å². The lowest BCUT2D eigenvalue weighted by Crippen LogP contribution is -2.10. The molecule has 1 heterocycles. The van der Waals surface area contributed by atoms with E-state index in [-0.39, 0.29) is 0 Å². The molecule has 0 atom stereocenters. The van der Waals surface area contributed by atoms with Crippen LogP contribution in [0.5, 0.6) is 0 Å². The summed E-state index contributed by atoms with van der Waals surface area (Å²) in [7, 11) is 0. The van der Waals surface area contributed by atoms with Crippen molar-refractivity contribution in [3.8, 4) is 11.1 Å². The first-order chi connectivity index (χ1) is 19.8. The first-order valence-electron chi connectivity index (χ1n) is 13.6. The Morgan fingerprint density at radius 1 is 0.375 bits per heavy atom. The smallest absolute Gasteiger partial charge is 0.159 e. The quantitative estimate of drug-likeness (QED) is 0.234. The standard InChI is InChI=1S/C38H25NO/c1-2-12-31(13-3-1)39(32-22-19-27(20-23-32)30-18-17-26-9-4-5-11-29(26)25-30)36-16-8-15-34-35-24-21-28-10-6-7-14-33(28)37(35)40-38(34)36/h1-25H. The third-order valence-corrected chi connectivity index (χ3v) is 7.83. The average Bonchev–Trinajstić information content (AvgIpc) is 3.42. The van der Waals surface area contributed by atoms with Gasteiger partial charge in [-0.15, -0.1) is 0 Å². The normalized spacial score (nSPS) is 11.5. The number of nitrogens with zero attached hydrogens (tertiary/aromatic N) is 1. The van der Waals surface area contributed by atoms with Crippen LogP contribution >= 0.6 is 0 Å². The van der Waals surface area contributed by atoms with E-state index in [0.29, 0.717) is 0 Å². The summed E-state index contributed by atoms with van der Waals surface area (Å²) in [6, 6.07) is 53.7. The Hall–Kier alpha value is -5.34. The van der Waals surface area contributed by atoms with Crippen LogP contribution in [0.1, 0.15) is 0 Å². The summed E-state index contributed by atoms with van der Waals surface area (Å²) < 4.78 is 6.71. The Labute approximate surface area is 232 Å². The molecule has 0 fully saturated rings. The fraction of sp³-hybridized carbons (Fsp3) is 0. The van der Waals surface area contributed by atoms with Gasteiger partial charge in [-0.25, -0.2) is 0 Å². The molecule has 7 aromatic carbocycles. The molecule has 1 aromatic heterocycles. The van der Waals surface area contributed by atoms with Crippen LogP contribution < -0.4 is 4.90 Å². The minimum Gasteiger partial charge on any atom is -0.453 e. The highest BCUT2D eigenvalue weighted by molar-refractivity contribution is 6.17. The molecule has 0 saturated heterocycles. The maximum absolute atomic E-state index is 6.71. The zero-order valence-electron chi connectivity index (χ0n) is 21.8. The number of anilines is 3. The molecule has 0 bridgehead atoms. The lowest BCUT2D eigenvalue weighted by Gasteiger charge is -2.25. The molecule has 0 N–H and O–H groups in total. The molecule has 0 amide bonds. The van der Waals surface area contributed by atoms with E-state index in [1.807, 2.05) is 0 Å². The SMILES string of the molecule is c1ccc(N(c2ccc(-c3ccc4ccccc4c3)cc2)c2cccc3c2oc2c4ccccc4ccc32)cc1. The number of furan rings is 1.